The number of likely N-dealkylation sites (tertiary alicyclic amines) is 1. The van der Waals surface area contributed by atoms with Crippen LogP contribution in [0.15, 0.2) is 0 Å². The van der Waals surface area contributed by atoms with Crippen LogP contribution in [0.4, 0.5) is 0 Å². The Morgan fingerprint density at radius 1 is 1.28 bits per heavy atom. The highest BCUT2D eigenvalue weighted by atomic mass is 16.2. The minimum Gasteiger partial charge on any atom is -0.343 e. The smallest absolute Gasteiger partial charge is 0.222 e. The molecule has 106 valence electrons. The van der Waals surface area contributed by atoms with Crippen LogP contribution in [0, 0.1) is 11.8 Å². The molecule has 18 heavy (non-hydrogen) atoms. The fourth-order valence-electron chi connectivity index (χ4n) is 2.77. The molecule has 1 rings (SSSR count). The Bertz CT molecular complexity index is 251. The molecule has 1 fully saturated rings. The first-order chi connectivity index (χ1) is 8.50. The van der Waals surface area contributed by atoms with Crippen LogP contribution in [-0.2, 0) is 4.79 Å². The van der Waals surface area contributed by atoms with Gasteiger partial charge in [-0.3, -0.25) is 4.79 Å². The number of nitrogens with zero attached hydrogens (tertiary/aromatic N) is 1. The van der Waals surface area contributed by atoms with Crippen LogP contribution < -0.4 is 5.73 Å². The highest BCUT2D eigenvalue weighted by molar-refractivity contribution is 5.76. The maximum absolute atomic E-state index is 12.1. The fourth-order valence-corrected chi connectivity index (χ4v) is 2.77. The summed E-state index contributed by atoms with van der Waals surface area (Å²) < 4.78 is 0. The molecule has 2 N–H and O–H groups in total. The zero-order valence-corrected chi connectivity index (χ0v) is 12.3. The average molecular weight is 254 g/mol. The van der Waals surface area contributed by atoms with Crippen molar-refractivity contribution in [3.63, 3.8) is 0 Å². The van der Waals surface area contributed by atoms with Crippen LogP contribution in [0.5, 0.6) is 0 Å². The van der Waals surface area contributed by atoms with E-state index in [1.54, 1.807) is 0 Å². The first-order valence-corrected chi connectivity index (χ1v) is 7.54. The van der Waals surface area contributed by atoms with Gasteiger partial charge in [0, 0.05) is 25.6 Å². The third-order valence-corrected chi connectivity index (χ3v) is 4.12. The Labute approximate surface area is 112 Å². The maximum Gasteiger partial charge on any atom is 0.222 e. The van der Waals surface area contributed by atoms with E-state index in [2.05, 4.69) is 18.7 Å². The third-order valence-electron chi connectivity index (χ3n) is 4.12. The summed E-state index contributed by atoms with van der Waals surface area (Å²) in [6.45, 7) is 8.51. The van der Waals surface area contributed by atoms with E-state index in [-0.39, 0.29) is 6.04 Å². The molecule has 0 aromatic rings. The third kappa shape index (κ3) is 5.38. The number of carbonyl (C=O) groups excluding carboxylic acids is 1. The van der Waals surface area contributed by atoms with Crippen LogP contribution >= 0.6 is 0 Å². The monoisotopic (exact) mass is 254 g/mol. The minimum atomic E-state index is 0.215. The van der Waals surface area contributed by atoms with Crippen molar-refractivity contribution in [2.45, 2.75) is 65.3 Å². The summed E-state index contributed by atoms with van der Waals surface area (Å²) in [6.07, 6.45) is 6.18. The molecule has 0 radical (unpaired) electrons. The molecule has 1 amide bonds. The molecule has 0 bridgehead atoms. The molecule has 1 saturated heterocycles. The Hall–Kier alpha value is -0.570. The molecular weight excluding hydrogens is 224 g/mol. The van der Waals surface area contributed by atoms with E-state index in [0.29, 0.717) is 12.3 Å². The van der Waals surface area contributed by atoms with Crippen LogP contribution in [0.1, 0.15) is 59.3 Å². The Kier molecular flexibility index (Phi) is 6.69. The van der Waals surface area contributed by atoms with Crippen LogP contribution in [0.2, 0.25) is 0 Å². The number of amides is 1. The molecule has 0 spiro atoms. The molecule has 3 heteroatoms. The van der Waals surface area contributed by atoms with E-state index in [1.165, 1.54) is 19.3 Å². The first-order valence-electron chi connectivity index (χ1n) is 7.54. The Morgan fingerprint density at radius 2 is 2.00 bits per heavy atom. The summed E-state index contributed by atoms with van der Waals surface area (Å²) in [5.41, 5.74) is 5.71. The van der Waals surface area contributed by atoms with Crippen LogP contribution in [-0.4, -0.2) is 29.9 Å². The van der Waals surface area contributed by atoms with Crippen molar-refractivity contribution in [3.05, 3.63) is 0 Å². The molecule has 3 nitrogen and oxygen atoms in total. The predicted octanol–water partition coefficient (Wildman–Crippen LogP) is 2.79. The lowest BCUT2D eigenvalue weighted by Crippen LogP contribution is -2.32. The van der Waals surface area contributed by atoms with Gasteiger partial charge in [0.15, 0.2) is 0 Å². The molecule has 0 aromatic heterocycles. The standard InChI is InChI=1S/C15H30N2O/c1-12(2)14-7-5-10-17(11-9-14)15(18)8-4-6-13(3)16/h12-14H,4-11,16H2,1-3H3. The van der Waals surface area contributed by atoms with Gasteiger partial charge < -0.3 is 10.6 Å². The van der Waals surface area contributed by atoms with Crippen LogP contribution in [0.3, 0.4) is 0 Å². The Morgan fingerprint density at radius 3 is 2.61 bits per heavy atom. The molecule has 2 atom stereocenters. The van der Waals surface area contributed by atoms with Gasteiger partial charge in [0.05, 0.1) is 0 Å². The van der Waals surface area contributed by atoms with Gasteiger partial charge in [-0.25, -0.2) is 0 Å². The van der Waals surface area contributed by atoms with Gasteiger partial charge in [-0.1, -0.05) is 13.8 Å². The van der Waals surface area contributed by atoms with Crippen molar-refractivity contribution in [1.82, 2.24) is 4.90 Å². The quantitative estimate of drug-likeness (QED) is 0.820. The molecule has 0 aliphatic carbocycles. The zero-order chi connectivity index (χ0) is 13.5. The molecule has 1 aliphatic heterocycles. The van der Waals surface area contributed by atoms with E-state index in [1.807, 2.05) is 6.92 Å². The van der Waals surface area contributed by atoms with Gasteiger partial charge in [0.2, 0.25) is 5.91 Å². The van der Waals surface area contributed by atoms with Crippen molar-refractivity contribution in [2.24, 2.45) is 17.6 Å². The van der Waals surface area contributed by atoms with Crippen LogP contribution in [0.25, 0.3) is 0 Å². The van der Waals surface area contributed by atoms with E-state index in [4.69, 9.17) is 5.73 Å². The number of nitrogens with two attached hydrogens (primary N) is 1. The second-order valence-electron chi connectivity index (χ2n) is 6.19. The van der Waals surface area contributed by atoms with Crippen molar-refractivity contribution in [1.29, 1.82) is 0 Å². The summed E-state index contributed by atoms with van der Waals surface area (Å²) in [6, 6.07) is 0.215. The summed E-state index contributed by atoms with van der Waals surface area (Å²) >= 11 is 0. The summed E-state index contributed by atoms with van der Waals surface area (Å²) in [4.78, 5) is 14.2. The minimum absolute atomic E-state index is 0.215. The number of carbonyl (C=O) groups is 1. The Balaban J connectivity index is 2.31. The highest BCUT2D eigenvalue weighted by Crippen LogP contribution is 2.24. The molecule has 1 heterocycles. The highest BCUT2D eigenvalue weighted by Gasteiger charge is 2.21. The normalized spacial score (nSPS) is 22.9. The van der Waals surface area contributed by atoms with Gasteiger partial charge in [-0.15, -0.1) is 0 Å². The van der Waals surface area contributed by atoms with E-state index in [0.717, 1.165) is 37.8 Å². The summed E-state index contributed by atoms with van der Waals surface area (Å²) in [5.74, 6) is 1.88. The van der Waals surface area contributed by atoms with E-state index in [9.17, 15) is 4.79 Å². The first kappa shape index (κ1) is 15.5. The largest absolute Gasteiger partial charge is 0.343 e. The predicted molar refractivity (Wildman–Crippen MR) is 76.3 cm³/mol. The lowest BCUT2D eigenvalue weighted by Gasteiger charge is -2.21. The van der Waals surface area contributed by atoms with Gasteiger partial charge in [-0.2, -0.15) is 0 Å². The lowest BCUT2D eigenvalue weighted by atomic mass is 9.89. The summed E-state index contributed by atoms with van der Waals surface area (Å²) in [5, 5.41) is 0. The van der Waals surface area contributed by atoms with E-state index >= 15 is 0 Å². The number of hydrogen-bond acceptors (Lipinski definition) is 2. The van der Waals surface area contributed by atoms with E-state index < -0.39 is 0 Å². The lowest BCUT2D eigenvalue weighted by molar-refractivity contribution is -0.131. The van der Waals surface area contributed by atoms with Gasteiger partial charge in [-0.05, 0) is 50.9 Å². The molecule has 2 unspecified atom stereocenters. The maximum atomic E-state index is 12.1. The molecule has 0 saturated carbocycles. The number of hydrogen-bond donors (Lipinski definition) is 1. The van der Waals surface area contributed by atoms with Gasteiger partial charge >= 0.3 is 0 Å². The SMILES string of the molecule is CC(N)CCCC(=O)N1CCCC(C(C)C)CC1. The summed E-state index contributed by atoms with van der Waals surface area (Å²) in [7, 11) is 0. The second-order valence-corrected chi connectivity index (χ2v) is 6.19. The number of rotatable bonds is 5. The van der Waals surface area contributed by atoms with Gasteiger partial charge in [0.25, 0.3) is 0 Å². The molecule has 0 aromatic carbocycles. The second kappa shape index (κ2) is 7.78. The topological polar surface area (TPSA) is 46.3 Å². The van der Waals surface area contributed by atoms with Gasteiger partial charge in [0.1, 0.15) is 0 Å². The van der Waals surface area contributed by atoms with Crippen molar-refractivity contribution >= 4 is 5.91 Å². The molecule has 1 aliphatic rings. The molecular formula is C15H30N2O. The van der Waals surface area contributed by atoms with Crippen molar-refractivity contribution in [2.75, 3.05) is 13.1 Å². The zero-order valence-electron chi connectivity index (χ0n) is 12.3. The van der Waals surface area contributed by atoms with Crippen molar-refractivity contribution in [3.8, 4) is 0 Å². The average Bonchev–Trinajstić information content (AvgIpc) is 2.53. The van der Waals surface area contributed by atoms with Crippen molar-refractivity contribution < 1.29 is 4.79 Å². The fraction of sp³-hybridized carbons (Fsp3) is 0.933.